The third-order valence-electron chi connectivity index (χ3n) is 9.30. The molecule has 0 spiro atoms. The highest BCUT2D eigenvalue weighted by Gasteiger charge is 2.30. The van der Waals surface area contributed by atoms with Crippen LogP contribution in [-0.4, -0.2) is 122 Å². The average Bonchev–Trinajstić information content (AvgIpc) is 3.88. The Morgan fingerprint density at radius 2 is 1.69 bits per heavy atom. The highest BCUT2D eigenvalue weighted by molar-refractivity contribution is 7.09. The van der Waals surface area contributed by atoms with Crippen molar-refractivity contribution in [1.29, 1.82) is 0 Å². The maximum atomic E-state index is 13.9. The van der Waals surface area contributed by atoms with Crippen molar-refractivity contribution in [3.8, 4) is 0 Å². The number of hydrogen-bond donors (Lipinski definition) is 4. The number of aryl methyl sites for hydroxylation is 1. The number of benzene rings is 1. The van der Waals surface area contributed by atoms with Crippen molar-refractivity contribution in [2.75, 3.05) is 40.3 Å². The molecule has 1 aliphatic heterocycles. The van der Waals surface area contributed by atoms with Crippen LogP contribution in [0, 0.1) is 12.8 Å². The number of aromatic amines is 1. The van der Waals surface area contributed by atoms with E-state index in [9.17, 15) is 28.8 Å². The maximum Gasteiger partial charge on any atom is 0.271 e. The number of thiazole rings is 1. The van der Waals surface area contributed by atoms with E-state index in [-0.39, 0.29) is 56.7 Å². The topological polar surface area (TPSA) is 195 Å². The molecule has 0 unspecified atom stereocenters. The number of fused-ring (bicyclic) bond motifs is 3. The number of rotatable bonds is 6. The molecule has 1 aliphatic rings. The fraction of sp³-hybridized carbons (Fsp3) is 0.459. The zero-order valence-electron chi connectivity index (χ0n) is 31.4. The van der Waals surface area contributed by atoms with Crippen molar-refractivity contribution in [1.82, 2.24) is 50.2 Å². The fourth-order valence-electron chi connectivity index (χ4n) is 6.34. The van der Waals surface area contributed by atoms with Crippen LogP contribution in [0.25, 0.3) is 10.9 Å². The van der Waals surface area contributed by atoms with Gasteiger partial charge in [-0.05, 0) is 37.8 Å². The van der Waals surface area contributed by atoms with Crippen LogP contribution in [0.2, 0.25) is 0 Å². The summed E-state index contributed by atoms with van der Waals surface area (Å²) in [6.07, 6.45) is 5.67. The summed E-state index contributed by atoms with van der Waals surface area (Å²) in [7, 11) is 3.01. The molecule has 1 aromatic carbocycles. The van der Waals surface area contributed by atoms with Crippen molar-refractivity contribution in [2.24, 2.45) is 5.92 Å². The first-order valence-corrected chi connectivity index (χ1v) is 18.7. The summed E-state index contributed by atoms with van der Waals surface area (Å²) in [5, 5.41) is 11.5. The van der Waals surface area contributed by atoms with Crippen LogP contribution in [0.3, 0.4) is 0 Å². The highest BCUT2D eigenvalue weighted by atomic mass is 32.1. The Bertz CT molecular complexity index is 2000. The lowest BCUT2D eigenvalue weighted by atomic mass is 10.0. The number of amides is 6. The molecule has 288 valence electrons. The molecule has 5 rings (SSSR count). The average molecular weight is 761 g/mol. The number of nitrogens with zero attached hydrogens (tertiary/aromatic N) is 6. The standard InChI is InChI=1S/C37H48N10O6S/c1-22(2)15-28-35-43-30(21-54-35)34(51)42-29(16-25-17-39-27-10-8-7-9-26(25)27)37(53)45(6)18-31(48)40-23(3)36(52)44(5)13-14-47(19-32(49)41-28)33(50)20-46-12-11-38-24(46)4/h7-12,17,21-23,28-29,39H,13-16,18-20H2,1-6H3,(H,40,48)(H,41,49)(H,42,51)/t23-,28-,29+/m0/s1. The first-order chi connectivity index (χ1) is 25.7. The molecule has 3 aromatic heterocycles. The Morgan fingerprint density at radius 3 is 2.41 bits per heavy atom. The van der Waals surface area contributed by atoms with E-state index < -0.39 is 47.7 Å². The lowest BCUT2D eigenvalue weighted by Gasteiger charge is -2.28. The highest BCUT2D eigenvalue weighted by Crippen LogP contribution is 2.25. The first kappa shape index (κ1) is 39.6. The van der Waals surface area contributed by atoms with Gasteiger partial charge in [0.15, 0.2) is 0 Å². The molecular formula is C37H48N10O6S. The van der Waals surface area contributed by atoms with Gasteiger partial charge in [-0.15, -0.1) is 11.3 Å². The molecule has 4 heterocycles. The molecule has 54 heavy (non-hydrogen) atoms. The molecule has 6 amide bonds. The van der Waals surface area contributed by atoms with Crippen molar-refractivity contribution < 1.29 is 28.8 Å². The maximum absolute atomic E-state index is 13.9. The van der Waals surface area contributed by atoms with Crippen LogP contribution < -0.4 is 16.0 Å². The third kappa shape index (κ3) is 9.89. The Labute approximate surface area is 317 Å². The first-order valence-electron chi connectivity index (χ1n) is 17.9. The summed E-state index contributed by atoms with van der Waals surface area (Å²) in [4.78, 5) is 97.3. The molecule has 3 atom stereocenters. The molecular weight excluding hydrogens is 713 g/mol. The van der Waals surface area contributed by atoms with Gasteiger partial charge in [-0.3, -0.25) is 28.8 Å². The van der Waals surface area contributed by atoms with Gasteiger partial charge in [0.2, 0.25) is 29.5 Å². The number of likely N-dealkylation sites (N-methyl/N-ethyl adjacent to an activating group) is 2. The number of H-pyrrole nitrogens is 1. The predicted octanol–water partition coefficient (Wildman–Crippen LogP) is 1.64. The molecule has 2 bridgehead atoms. The number of para-hydroxylation sites is 1. The van der Waals surface area contributed by atoms with E-state index in [1.54, 1.807) is 42.5 Å². The van der Waals surface area contributed by atoms with E-state index in [0.717, 1.165) is 16.5 Å². The molecule has 16 nitrogen and oxygen atoms in total. The van der Waals surface area contributed by atoms with Crippen LogP contribution in [0.15, 0.2) is 48.2 Å². The minimum Gasteiger partial charge on any atom is -0.361 e. The van der Waals surface area contributed by atoms with Gasteiger partial charge in [0.05, 0.1) is 19.1 Å². The van der Waals surface area contributed by atoms with Gasteiger partial charge in [0.25, 0.3) is 5.91 Å². The minimum atomic E-state index is -1.07. The van der Waals surface area contributed by atoms with Crippen molar-refractivity contribution >= 4 is 57.7 Å². The number of imidazole rings is 1. The summed E-state index contributed by atoms with van der Waals surface area (Å²) in [6, 6.07) is 5.00. The molecule has 4 N–H and O–H groups in total. The number of aromatic nitrogens is 4. The van der Waals surface area contributed by atoms with Gasteiger partial charge < -0.3 is 40.2 Å². The number of nitrogens with one attached hydrogen (secondary N) is 4. The predicted molar refractivity (Wildman–Crippen MR) is 202 cm³/mol. The molecule has 4 aromatic rings. The summed E-state index contributed by atoms with van der Waals surface area (Å²) < 4.78 is 1.67. The summed E-state index contributed by atoms with van der Waals surface area (Å²) in [6.45, 7) is 6.69. The van der Waals surface area contributed by atoms with E-state index in [2.05, 4.69) is 30.9 Å². The number of carbonyl (C=O) groups is 6. The third-order valence-corrected chi connectivity index (χ3v) is 10.3. The van der Waals surface area contributed by atoms with Crippen molar-refractivity contribution in [3.05, 3.63) is 70.3 Å². The Kier molecular flexibility index (Phi) is 12.8. The minimum absolute atomic E-state index is 0.0361. The molecule has 0 saturated heterocycles. The van der Waals surface area contributed by atoms with E-state index in [1.807, 2.05) is 38.1 Å². The molecule has 0 saturated carbocycles. The quantitative estimate of drug-likeness (QED) is 0.228. The lowest BCUT2D eigenvalue weighted by molar-refractivity contribution is -0.139. The number of carbonyl (C=O) groups excluding carboxylic acids is 6. The molecule has 0 radical (unpaired) electrons. The summed E-state index contributed by atoms with van der Waals surface area (Å²) in [5.41, 5.74) is 1.73. The van der Waals surface area contributed by atoms with Crippen LogP contribution >= 0.6 is 11.3 Å². The Hall–Kier alpha value is -5.58. The Morgan fingerprint density at radius 1 is 0.944 bits per heavy atom. The smallest absolute Gasteiger partial charge is 0.271 e. The zero-order chi connectivity index (χ0) is 39.1. The zero-order valence-corrected chi connectivity index (χ0v) is 32.2. The van der Waals surface area contributed by atoms with Gasteiger partial charge in [0.1, 0.15) is 35.2 Å². The van der Waals surface area contributed by atoms with E-state index >= 15 is 0 Å². The van der Waals surface area contributed by atoms with Crippen molar-refractivity contribution in [2.45, 2.75) is 65.2 Å². The second kappa shape index (κ2) is 17.5. The van der Waals surface area contributed by atoms with E-state index in [1.165, 1.54) is 40.0 Å². The second-order valence-electron chi connectivity index (χ2n) is 14.1. The second-order valence-corrected chi connectivity index (χ2v) is 15.0. The SMILES string of the molecule is Cc1nccn1CC(=O)N1CCN(C)C(=O)[C@H](C)NC(=O)CN(C)C(=O)[C@@H](Cc2c[nH]c3ccccc23)NC(=O)c2csc(n2)[C@H](CC(C)C)NC(=O)C1. The van der Waals surface area contributed by atoms with Crippen molar-refractivity contribution in [3.63, 3.8) is 0 Å². The largest absolute Gasteiger partial charge is 0.361 e. The summed E-state index contributed by atoms with van der Waals surface area (Å²) >= 11 is 1.21. The normalized spacial score (nSPS) is 20.2. The Balaban J connectivity index is 1.45. The van der Waals surface area contributed by atoms with E-state index in [0.29, 0.717) is 17.3 Å². The van der Waals surface area contributed by atoms with Crippen LogP contribution in [0.1, 0.15) is 60.1 Å². The molecule has 0 aliphatic carbocycles. The van der Waals surface area contributed by atoms with Gasteiger partial charge in [-0.2, -0.15) is 0 Å². The molecule has 17 heteroatoms. The van der Waals surface area contributed by atoms with Crippen LogP contribution in [0.4, 0.5) is 0 Å². The number of hydrogen-bond acceptors (Lipinski definition) is 9. The van der Waals surface area contributed by atoms with E-state index in [4.69, 9.17) is 0 Å². The summed E-state index contributed by atoms with van der Waals surface area (Å²) in [5.74, 6) is -2.13. The van der Waals surface area contributed by atoms with Gasteiger partial charge in [-0.25, -0.2) is 9.97 Å². The van der Waals surface area contributed by atoms with Gasteiger partial charge in [-0.1, -0.05) is 32.0 Å². The van der Waals surface area contributed by atoms with Crippen LogP contribution in [-0.2, 0) is 36.9 Å². The van der Waals surface area contributed by atoms with Gasteiger partial charge in [0, 0.05) is 68.5 Å². The monoisotopic (exact) mass is 760 g/mol. The van der Waals surface area contributed by atoms with Crippen LogP contribution in [0.5, 0.6) is 0 Å². The van der Waals surface area contributed by atoms with Gasteiger partial charge >= 0.3 is 0 Å². The fourth-order valence-corrected chi connectivity index (χ4v) is 7.20. The molecule has 0 fully saturated rings. The lowest BCUT2D eigenvalue weighted by Crippen LogP contribution is -2.53.